The quantitative estimate of drug-likeness (QED) is 0.775. The number of hydrogen-bond donors (Lipinski definition) is 0. The number of nitrogens with zero attached hydrogens (tertiary/aromatic N) is 1. The third kappa shape index (κ3) is 2.95. The highest BCUT2D eigenvalue weighted by molar-refractivity contribution is 9.10. The highest BCUT2D eigenvalue weighted by atomic mass is 79.9. The van der Waals surface area contributed by atoms with Gasteiger partial charge in [-0.05, 0) is 18.2 Å². The van der Waals surface area contributed by atoms with Gasteiger partial charge in [0, 0.05) is 17.2 Å². The van der Waals surface area contributed by atoms with E-state index < -0.39 is 12.1 Å². The van der Waals surface area contributed by atoms with E-state index in [1.165, 1.54) is 12.1 Å². The second-order valence-electron chi connectivity index (χ2n) is 2.84. The van der Waals surface area contributed by atoms with Crippen LogP contribution >= 0.6 is 15.9 Å². The standard InChI is InChI=1S/C9H7BrF3NO/c1-14(8(15)9(11,12)13)7-4-2-3-6(10)5-7/h2-5H,1H3. The summed E-state index contributed by atoms with van der Waals surface area (Å²) < 4.78 is 36.9. The van der Waals surface area contributed by atoms with Gasteiger partial charge in [-0.15, -0.1) is 0 Å². The lowest BCUT2D eigenvalue weighted by Gasteiger charge is -2.18. The lowest BCUT2D eigenvalue weighted by atomic mass is 10.3. The molecule has 1 amide bonds. The zero-order valence-corrected chi connectivity index (χ0v) is 9.26. The molecule has 1 rings (SSSR count). The minimum atomic E-state index is -4.85. The van der Waals surface area contributed by atoms with Gasteiger partial charge in [0.05, 0.1) is 0 Å². The zero-order chi connectivity index (χ0) is 11.6. The molecule has 0 aliphatic heterocycles. The van der Waals surface area contributed by atoms with Crippen molar-refractivity contribution in [3.63, 3.8) is 0 Å². The van der Waals surface area contributed by atoms with Crippen LogP contribution in [0.5, 0.6) is 0 Å². The average molecular weight is 282 g/mol. The summed E-state index contributed by atoms with van der Waals surface area (Å²) in [7, 11) is 1.08. The Labute approximate surface area is 92.8 Å². The molecule has 0 saturated carbocycles. The topological polar surface area (TPSA) is 20.3 Å². The third-order valence-corrected chi connectivity index (χ3v) is 2.24. The van der Waals surface area contributed by atoms with Crippen LogP contribution in [0.4, 0.5) is 18.9 Å². The Hall–Kier alpha value is -1.04. The molecule has 2 nitrogen and oxygen atoms in total. The number of halogens is 4. The summed E-state index contributed by atoms with van der Waals surface area (Å²) >= 11 is 3.11. The maximum atomic E-state index is 12.1. The molecule has 1 aromatic carbocycles. The fourth-order valence-corrected chi connectivity index (χ4v) is 1.38. The second-order valence-corrected chi connectivity index (χ2v) is 3.76. The number of alkyl halides is 3. The Morgan fingerprint density at radius 3 is 2.47 bits per heavy atom. The summed E-state index contributed by atoms with van der Waals surface area (Å²) in [5.74, 6) is -1.89. The largest absolute Gasteiger partial charge is 0.471 e. The van der Waals surface area contributed by atoms with Crippen LogP contribution in [-0.4, -0.2) is 19.1 Å². The van der Waals surface area contributed by atoms with E-state index in [0.29, 0.717) is 9.37 Å². The molecule has 0 radical (unpaired) electrons. The van der Waals surface area contributed by atoms with Gasteiger partial charge in [0.25, 0.3) is 0 Å². The van der Waals surface area contributed by atoms with Gasteiger partial charge in [0.2, 0.25) is 0 Å². The molecule has 0 heterocycles. The first kappa shape index (κ1) is 12.0. The summed E-state index contributed by atoms with van der Waals surface area (Å²) in [6, 6.07) is 6.08. The van der Waals surface area contributed by atoms with Crippen LogP contribution in [-0.2, 0) is 4.79 Å². The molecule has 0 bridgehead atoms. The van der Waals surface area contributed by atoms with E-state index in [1.54, 1.807) is 12.1 Å². The van der Waals surface area contributed by atoms with E-state index in [4.69, 9.17) is 0 Å². The third-order valence-electron chi connectivity index (χ3n) is 1.74. The molecule has 0 spiro atoms. The van der Waals surface area contributed by atoms with E-state index >= 15 is 0 Å². The van der Waals surface area contributed by atoms with Gasteiger partial charge in [-0.2, -0.15) is 13.2 Å². The summed E-state index contributed by atoms with van der Waals surface area (Å²) in [5.41, 5.74) is 0.187. The van der Waals surface area contributed by atoms with Crippen molar-refractivity contribution in [3.05, 3.63) is 28.7 Å². The van der Waals surface area contributed by atoms with Crippen molar-refractivity contribution in [1.82, 2.24) is 0 Å². The highest BCUT2D eigenvalue weighted by Crippen LogP contribution is 2.24. The molecular formula is C9H7BrF3NO. The van der Waals surface area contributed by atoms with Gasteiger partial charge < -0.3 is 4.90 Å². The predicted molar refractivity (Wildman–Crippen MR) is 53.6 cm³/mol. The maximum Gasteiger partial charge on any atom is 0.471 e. The first-order valence-corrected chi connectivity index (χ1v) is 4.72. The summed E-state index contributed by atoms with van der Waals surface area (Å²) in [6.07, 6.45) is -4.85. The number of hydrogen-bond acceptors (Lipinski definition) is 1. The highest BCUT2D eigenvalue weighted by Gasteiger charge is 2.41. The van der Waals surface area contributed by atoms with Crippen molar-refractivity contribution in [2.24, 2.45) is 0 Å². The minimum Gasteiger partial charge on any atom is -0.308 e. The van der Waals surface area contributed by atoms with Gasteiger partial charge in [-0.25, -0.2) is 0 Å². The normalized spacial score (nSPS) is 11.3. The fraction of sp³-hybridized carbons (Fsp3) is 0.222. The first-order chi connectivity index (χ1) is 6.82. The molecule has 0 fully saturated rings. The van der Waals surface area contributed by atoms with Gasteiger partial charge in [-0.3, -0.25) is 4.79 Å². The van der Waals surface area contributed by atoms with E-state index in [0.717, 1.165) is 7.05 Å². The number of carbonyl (C=O) groups is 1. The Morgan fingerprint density at radius 2 is 2.00 bits per heavy atom. The smallest absolute Gasteiger partial charge is 0.308 e. The summed E-state index contributed by atoms with van der Waals surface area (Å²) in [5, 5.41) is 0. The van der Waals surface area contributed by atoms with Gasteiger partial charge >= 0.3 is 12.1 Å². The van der Waals surface area contributed by atoms with Crippen molar-refractivity contribution in [3.8, 4) is 0 Å². The van der Waals surface area contributed by atoms with Crippen LogP contribution in [0.1, 0.15) is 0 Å². The van der Waals surface area contributed by atoms with E-state index in [2.05, 4.69) is 15.9 Å². The van der Waals surface area contributed by atoms with Crippen LogP contribution in [0, 0.1) is 0 Å². The van der Waals surface area contributed by atoms with Gasteiger partial charge in [0.1, 0.15) is 0 Å². The molecule has 15 heavy (non-hydrogen) atoms. The Balaban J connectivity index is 2.95. The Kier molecular flexibility index (Phi) is 3.38. The molecular weight excluding hydrogens is 275 g/mol. The monoisotopic (exact) mass is 281 g/mol. The molecule has 0 unspecified atom stereocenters. The number of rotatable bonds is 1. The summed E-state index contributed by atoms with van der Waals surface area (Å²) in [6.45, 7) is 0. The van der Waals surface area contributed by atoms with Crippen LogP contribution in [0.2, 0.25) is 0 Å². The molecule has 1 aromatic rings. The Bertz CT molecular complexity index is 378. The molecule has 6 heteroatoms. The van der Waals surface area contributed by atoms with Gasteiger partial charge in [-0.1, -0.05) is 22.0 Å². The lowest BCUT2D eigenvalue weighted by Crippen LogP contribution is -2.38. The first-order valence-electron chi connectivity index (χ1n) is 3.93. The van der Waals surface area contributed by atoms with Crippen molar-refractivity contribution in [2.75, 3.05) is 11.9 Å². The Morgan fingerprint density at radius 1 is 1.40 bits per heavy atom. The number of benzene rings is 1. The molecule has 0 aliphatic rings. The average Bonchev–Trinajstić information content (AvgIpc) is 2.14. The predicted octanol–water partition coefficient (Wildman–Crippen LogP) is 2.97. The summed E-state index contributed by atoms with van der Waals surface area (Å²) in [4.78, 5) is 11.4. The second kappa shape index (κ2) is 4.22. The molecule has 82 valence electrons. The molecule has 0 atom stereocenters. The number of anilines is 1. The molecule has 0 aromatic heterocycles. The van der Waals surface area contributed by atoms with Crippen molar-refractivity contribution in [1.29, 1.82) is 0 Å². The minimum absolute atomic E-state index is 0.187. The molecule has 0 saturated heterocycles. The van der Waals surface area contributed by atoms with E-state index in [-0.39, 0.29) is 5.69 Å². The van der Waals surface area contributed by atoms with Crippen molar-refractivity contribution < 1.29 is 18.0 Å². The van der Waals surface area contributed by atoms with Crippen LogP contribution in [0.25, 0.3) is 0 Å². The fourth-order valence-electron chi connectivity index (χ4n) is 0.992. The van der Waals surface area contributed by atoms with Crippen LogP contribution in [0.15, 0.2) is 28.7 Å². The zero-order valence-electron chi connectivity index (χ0n) is 7.68. The molecule has 0 N–H and O–H groups in total. The number of carbonyl (C=O) groups excluding carboxylic acids is 1. The van der Waals surface area contributed by atoms with E-state index in [9.17, 15) is 18.0 Å². The SMILES string of the molecule is CN(C(=O)C(F)(F)F)c1cccc(Br)c1. The van der Waals surface area contributed by atoms with Gasteiger partial charge in [0.15, 0.2) is 0 Å². The van der Waals surface area contributed by atoms with E-state index in [1.807, 2.05) is 0 Å². The lowest BCUT2D eigenvalue weighted by molar-refractivity contribution is -0.170. The van der Waals surface area contributed by atoms with Crippen LogP contribution < -0.4 is 4.90 Å². The van der Waals surface area contributed by atoms with Crippen molar-refractivity contribution >= 4 is 27.5 Å². The maximum absolute atomic E-state index is 12.1. The van der Waals surface area contributed by atoms with Crippen molar-refractivity contribution in [2.45, 2.75) is 6.18 Å². The molecule has 0 aliphatic carbocycles. The number of amides is 1. The van der Waals surface area contributed by atoms with Crippen LogP contribution in [0.3, 0.4) is 0 Å².